The van der Waals surface area contributed by atoms with Crippen molar-refractivity contribution in [2.45, 2.75) is 10.9 Å². The van der Waals surface area contributed by atoms with E-state index in [1.165, 1.54) is 22.7 Å². The minimum absolute atomic E-state index is 0.205. The first-order chi connectivity index (χ1) is 12.6. The molecule has 0 aliphatic rings. The molecule has 4 aromatic rings. The summed E-state index contributed by atoms with van der Waals surface area (Å²) in [5.41, 5.74) is 1.39. The van der Waals surface area contributed by atoms with Crippen LogP contribution in [0.1, 0.15) is 5.56 Å². The van der Waals surface area contributed by atoms with Gasteiger partial charge in [0.05, 0.1) is 20.9 Å². The fourth-order valence-corrected chi connectivity index (χ4v) is 3.74. The minimum atomic E-state index is -0.205. The fourth-order valence-electron chi connectivity index (χ4n) is 2.48. The van der Waals surface area contributed by atoms with E-state index < -0.39 is 0 Å². The zero-order chi connectivity index (χ0) is 18.1. The summed E-state index contributed by atoms with van der Waals surface area (Å²) in [4.78, 5) is 21.7. The van der Waals surface area contributed by atoms with Crippen LogP contribution < -0.4 is 5.56 Å². The number of thioether (sulfide) groups is 1. The molecule has 0 aliphatic carbocycles. The van der Waals surface area contributed by atoms with Gasteiger partial charge in [0, 0.05) is 5.75 Å². The van der Waals surface area contributed by atoms with Gasteiger partial charge in [-0.2, -0.15) is 10.1 Å². The van der Waals surface area contributed by atoms with E-state index in [1.807, 2.05) is 18.2 Å². The van der Waals surface area contributed by atoms with Gasteiger partial charge in [0.25, 0.3) is 5.56 Å². The predicted molar refractivity (Wildman–Crippen MR) is 103 cm³/mol. The molecule has 0 aliphatic heterocycles. The lowest BCUT2D eigenvalue weighted by Gasteiger charge is -2.10. The highest BCUT2D eigenvalue weighted by Gasteiger charge is 2.15. The van der Waals surface area contributed by atoms with Crippen LogP contribution in [-0.4, -0.2) is 24.7 Å². The molecule has 9 heteroatoms. The molecule has 0 saturated carbocycles. The maximum atomic E-state index is 12.9. The van der Waals surface area contributed by atoms with Gasteiger partial charge in [-0.05, 0) is 29.8 Å². The Hall–Kier alpha value is -2.35. The van der Waals surface area contributed by atoms with E-state index in [9.17, 15) is 4.79 Å². The molecule has 2 aromatic carbocycles. The van der Waals surface area contributed by atoms with Crippen LogP contribution in [0.5, 0.6) is 0 Å². The van der Waals surface area contributed by atoms with Gasteiger partial charge in [-0.15, -0.1) is 0 Å². The van der Waals surface area contributed by atoms with Crippen LogP contribution >= 0.6 is 35.0 Å². The van der Waals surface area contributed by atoms with Crippen LogP contribution in [-0.2, 0) is 5.75 Å². The molecule has 0 radical (unpaired) electrons. The van der Waals surface area contributed by atoms with Gasteiger partial charge in [0.15, 0.2) is 5.16 Å². The molecule has 6 nitrogen and oxygen atoms in total. The summed E-state index contributed by atoms with van der Waals surface area (Å²) in [6, 6.07) is 12.6. The zero-order valence-corrected chi connectivity index (χ0v) is 15.5. The van der Waals surface area contributed by atoms with Crippen LogP contribution in [0.15, 0.2) is 58.7 Å². The summed E-state index contributed by atoms with van der Waals surface area (Å²) in [6.07, 6.45) is 1.35. The van der Waals surface area contributed by atoms with Crippen LogP contribution in [0, 0.1) is 0 Å². The number of fused-ring (bicyclic) bond motifs is 1. The van der Waals surface area contributed by atoms with Crippen LogP contribution in [0.25, 0.3) is 16.9 Å². The second-order valence-corrected chi connectivity index (χ2v) is 7.16. The fraction of sp³-hybridized carbons (Fsp3) is 0.0588. The summed E-state index contributed by atoms with van der Waals surface area (Å²) in [5.74, 6) is 0.889. The third-order valence-electron chi connectivity index (χ3n) is 3.71. The van der Waals surface area contributed by atoms with Crippen molar-refractivity contribution in [3.63, 3.8) is 0 Å². The Bertz CT molecular complexity index is 1140. The monoisotopic (exact) mass is 403 g/mol. The summed E-state index contributed by atoms with van der Waals surface area (Å²) >= 11 is 13.4. The number of nitrogens with one attached hydrogen (secondary N) is 1. The van der Waals surface area contributed by atoms with Crippen molar-refractivity contribution < 1.29 is 0 Å². The largest absolute Gasteiger partial charge is 0.269 e. The first-order valence-corrected chi connectivity index (χ1v) is 9.32. The smallest absolute Gasteiger partial charge is 0.268 e. The first-order valence-electron chi connectivity index (χ1n) is 7.58. The molecule has 0 atom stereocenters. The van der Waals surface area contributed by atoms with E-state index in [1.54, 1.807) is 24.3 Å². The summed E-state index contributed by atoms with van der Waals surface area (Å²) in [6.45, 7) is 0. The van der Waals surface area contributed by atoms with E-state index in [2.05, 4.69) is 20.2 Å². The van der Waals surface area contributed by atoms with Gasteiger partial charge in [-0.25, -0.2) is 14.6 Å². The predicted octanol–water partition coefficient (Wildman–Crippen LogP) is 4.10. The number of aromatic nitrogens is 5. The molecule has 0 fully saturated rings. The maximum absolute atomic E-state index is 12.9. The van der Waals surface area contributed by atoms with Crippen LogP contribution in [0.4, 0.5) is 0 Å². The van der Waals surface area contributed by atoms with E-state index in [0.717, 1.165) is 5.56 Å². The number of para-hydroxylation sites is 1. The van der Waals surface area contributed by atoms with Crippen molar-refractivity contribution in [2.75, 3.05) is 0 Å². The van der Waals surface area contributed by atoms with Crippen molar-refractivity contribution in [2.24, 2.45) is 0 Å². The highest BCUT2D eigenvalue weighted by Crippen LogP contribution is 2.27. The Morgan fingerprint density at radius 2 is 1.96 bits per heavy atom. The second-order valence-electron chi connectivity index (χ2n) is 5.40. The van der Waals surface area contributed by atoms with Crippen molar-refractivity contribution in [3.05, 3.63) is 74.8 Å². The highest BCUT2D eigenvalue weighted by molar-refractivity contribution is 7.98. The van der Waals surface area contributed by atoms with Crippen molar-refractivity contribution in [3.8, 4) is 5.95 Å². The lowest BCUT2D eigenvalue weighted by atomic mass is 10.2. The molecule has 26 heavy (non-hydrogen) atoms. The molecule has 0 amide bonds. The summed E-state index contributed by atoms with van der Waals surface area (Å²) in [5, 5.41) is 8.58. The molecule has 0 spiro atoms. The quantitative estimate of drug-likeness (QED) is 0.409. The lowest BCUT2D eigenvalue weighted by Crippen LogP contribution is -2.22. The van der Waals surface area contributed by atoms with Gasteiger partial charge < -0.3 is 0 Å². The summed E-state index contributed by atoms with van der Waals surface area (Å²) < 4.78 is 1.43. The molecule has 1 N–H and O–H groups in total. The van der Waals surface area contributed by atoms with Gasteiger partial charge in [0.1, 0.15) is 6.33 Å². The Balaban J connectivity index is 1.79. The van der Waals surface area contributed by atoms with Gasteiger partial charge in [-0.3, -0.25) is 4.79 Å². The maximum Gasteiger partial charge on any atom is 0.269 e. The van der Waals surface area contributed by atoms with Crippen molar-refractivity contribution in [1.82, 2.24) is 24.7 Å². The van der Waals surface area contributed by atoms with E-state index in [4.69, 9.17) is 23.2 Å². The molecule has 4 rings (SSSR count). The van der Waals surface area contributed by atoms with E-state index in [0.29, 0.717) is 37.8 Å². The SMILES string of the molecule is O=c1c2ccccc2nc(SCc2ccc(Cl)c(Cl)c2)n1-c1ncn[nH]1. The number of hydrogen-bond donors (Lipinski definition) is 1. The number of rotatable bonds is 4. The average molecular weight is 404 g/mol. The average Bonchev–Trinajstić information content (AvgIpc) is 3.17. The third-order valence-corrected chi connectivity index (χ3v) is 5.46. The van der Waals surface area contributed by atoms with Crippen molar-refractivity contribution >= 4 is 45.9 Å². The Morgan fingerprint density at radius 1 is 1.12 bits per heavy atom. The molecule has 130 valence electrons. The Kier molecular flexibility index (Phi) is 4.67. The third kappa shape index (κ3) is 3.21. The number of nitrogens with zero attached hydrogens (tertiary/aromatic N) is 4. The summed E-state index contributed by atoms with van der Waals surface area (Å²) in [7, 11) is 0. The van der Waals surface area contributed by atoms with Gasteiger partial charge >= 0.3 is 0 Å². The van der Waals surface area contributed by atoms with E-state index >= 15 is 0 Å². The number of aromatic amines is 1. The standard InChI is InChI=1S/C17H11Cl2N5OS/c18-12-6-5-10(7-13(12)19)8-26-17-22-14-4-2-1-3-11(14)15(25)24(17)16-20-9-21-23-16/h1-7,9H,8H2,(H,20,21,23). The van der Waals surface area contributed by atoms with Crippen molar-refractivity contribution in [1.29, 1.82) is 0 Å². The van der Waals surface area contributed by atoms with Crippen LogP contribution in [0.2, 0.25) is 10.0 Å². The Morgan fingerprint density at radius 3 is 2.73 bits per heavy atom. The molecule has 2 heterocycles. The van der Waals surface area contributed by atoms with Crippen LogP contribution in [0.3, 0.4) is 0 Å². The Labute approximate surface area is 162 Å². The number of halogens is 2. The molecule has 0 saturated heterocycles. The van der Waals surface area contributed by atoms with Gasteiger partial charge in [-0.1, -0.05) is 53.2 Å². The number of H-pyrrole nitrogens is 1. The molecule has 0 unspecified atom stereocenters. The highest BCUT2D eigenvalue weighted by atomic mass is 35.5. The first kappa shape index (κ1) is 17.1. The number of benzene rings is 2. The normalized spacial score (nSPS) is 11.2. The second kappa shape index (κ2) is 7.11. The zero-order valence-electron chi connectivity index (χ0n) is 13.2. The van der Waals surface area contributed by atoms with Gasteiger partial charge in [0.2, 0.25) is 5.95 Å². The molecule has 2 aromatic heterocycles. The molecular weight excluding hydrogens is 393 g/mol. The topological polar surface area (TPSA) is 76.5 Å². The minimum Gasteiger partial charge on any atom is -0.268 e. The number of hydrogen-bond acceptors (Lipinski definition) is 5. The molecular formula is C17H11Cl2N5OS. The molecule has 0 bridgehead atoms. The lowest BCUT2D eigenvalue weighted by molar-refractivity contribution is 0.771. The van der Waals surface area contributed by atoms with E-state index in [-0.39, 0.29) is 5.56 Å².